The van der Waals surface area contributed by atoms with Gasteiger partial charge in [0.25, 0.3) is 0 Å². The highest BCUT2D eigenvalue weighted by molar-refractivity contribution is 9.10. The van der Waals surface area contributed by atoms with Crippen molar-refractivity contribution in [2.75, 3.05) is 18.0 Å². The summed E-state index contributed by atoms with van der Waals surface area (Å²) < 4.78 is 0.890. The molecular weight excluding hydrogens is 322 g/mol. The Morgan fingerprint density at radius 3 is 2.65 bits per heavy atom. The summed E-state index contributed by atoms with van der Waals surface area (Å²) in [7, 11) is 0. The van der Waals surface area contributed by atoms with Gasteiger partial charge in [-0.15, -0.1) is 0 Å². The molecule has 4 N–H and O–H groups in total. The Morgan fingerprint density at radius 1 is 1.45 bits per heavy atom. The number of oxime groups is 1. The quantitative estimate of drug-likeness (QED) is 0.340. The topological polar surface area (TPSA) is 82.1 Å². The van der Waals surface area contributed by atoms with Crippen molar-refractivity contribution in [2.45, 2.75) is 25.9 Å². The average molecular weight is 342 g/mol. The molecule has 1 atom stereocenters. The number of halogens is 1. The molecule has 0 aliphatic carbocycles. The number of aliphatic hydroxyl groups excluding tert-OH is 1. The summed E-state index contributed by atoms with van der Waals surface area (Å²) in [6, 6.07) is 5.77. The molecule has 0 spiro atoms. The van der Waals surface area contributed by atoms with E-state index >= 15 is 0 Å². The van der Waals surface area contributed by atoms with Crippen molar-refractivity contribution in [3.8, 4) is 0 Å². The minimum atomic E-state index is -0.259. The van der Waals surface area contributed by atoms with E-state index in [1.165, 1.54) is 0 Å². The van der Waals surface area contributed by atoms with Gasteiger partial charge >= 0.3 is 0 Å². The summed E-state index contributed by atoms with van der Waals surface area (Å²) in [6.45, 7) is 3.58. The maximum absolute atomic E-state index is 9.65. The standard InChI is InChI=1S/C14H20BrN3O2/c1-9(19)10-4-6-18(7-5-10)13-3-2-11(15)8-12(13)14(16)17-20/h2-3,8-10,19-20H,4-7H2,1H3,(H2,16,17). The summed E-state index contributed by atoms with van der Waals surface area (Å²) in [6.07, 6.45) is 1.64. The lowest BCUT2D eigenvalue weighted by molar-refractivity contribution is 0.110. The van der Waals surface area contributed by atoms with E-state index in [1.54, 1.807) is 0 Å². The van der Waals surface area contributed by atoms with Crippen molar-refractivity contribution < 1.29 is 10.3 Å². The number of hydrogen-bond donors (Lipinski definition) is 3. The Labute approximate surface area is 127 Å². The molecule has 6 heteroatoms. The fourth-order valence-electron chi connectivity index (χ4n) is 2.67. The molecule has 1 aromatic carbocycles. The molecule has 1 heterocycles. The summed E-state index contributed by atoms with van der Waals surface area (Å²) in [5, 5.41) is 21.7. The van der Waals surface area contributed by atoms with Crippen molar-refractivity contribution in [2.24, 2.45) is 16.8 Å². The molecule has 1 saturated heterocycles. The Morgan fingerprint density at radius 2 is 2.10 bits per heavy atom. The Bertz CT molecular complexity index is 497. The Balaban J connectivity index is 2.22. The average Bonchev–Trinajstić information content (AvgIpc) is 2.46. The lowest BCUT2D eigenvalue weighted by Gasteiger charge is -2.35. The van der Waals surface area contributed by atoms with Crippen LogP contribution in [0.5, 0.6) is 0 Å². The van der Waals surface area contributed by atoms with E-state index in [0.29, 0.717) is 5.92 Å². The van der Waals surface area contributed by atoms with E-state index in [0.717, 1.165) is 41.7 Å². The minimum Gasteiger partial charge on any atom is -0.409 e. The van der Waals surface area contributed by atoms with E-state index in [9.17, 15) is 5.11 Å². The largest absolute Gasteiger partial charge is 0.409 e. The number of nitrogens with zero attached hydrogens (tertiary/aromatic N) is 2. The smallest absolute Gasteiger partial charge is 0.172 e. The van der Waals surface area contributed by atoms with Crippen molar-refractivity contribution in [1.29, 1.82) is 0 Å². The molecule has 1 aliphatic heterocycles. The van der Waals surface area contributed by atoms with Crippen molar-refractivity contribution in [3.63, 3.8) is 0 Å². The van der Waals surface area contributed by atoms with Gasteiger partial charge in [0.05, 0.1) is 6.10 Å². The van der Waals surface area contributed by atoms with Crippen LogP contribution in [0, 0.1) is 5.92 Å². The normalized spacial score (nSPS) is 19.1. The molecule has 1 aliphatic rings. The van der Waals surface area contributed by atoms with Gasteiger partial charge < -0.3 is 20.9 Å². The predicted octanol–water partition coefficient (Wildman–Crippen LogP) is 2.14. The number of piperidine rings is 1. The number of nitrogens with two attached hydrogens (primary N) is 1. The zero-order valence-electron chi connectivity index (χ0n) is 11.5. The fourth-order valence-corrected chi connectivity index (χ4v) is 3.03. The van der Waals surface area contributed by atoms with Gasteiger partial charge in [0, 0.05) is 28.8 Å². The maximum atomic E-state index is 9.65. The SMILES string of the molecule is CC(O)C1CCN(c2ccc(Br)cc2/C(N)=N/O)CC1. The van der Waals surface area contributed by atoms with Crippen molar-refractivity contribution >= 4 is 27.5 Å². The van der Waals surface area contributed by atoms with Gasteiger partial charge in [-0.2, -0.15) is 0 Å². The van der Waals surface area contributed by atoms with E-state index in [2.05, 4.69) is 26.0 Å². The zero-order valence-corrected chi connectivity index (χ0v) is 13.0. The number of aliphatic hydroxyl groups is 1. The first-order valence-electron chi connectivity index (χ1n) is 6.73. The predicted molar refractivity (Wildman–Crippen MR) is 83.3 cm³/mol. The van der Waals surface area contributed by atoms with Crippen LogP contribution in [0.15, 0.2) is 27.8 Å². The van der Waals surface area contributed by atoms with Crippen molar-refractivity contribution in [3.05, 3.63) is 28.2 Å². The summed E-state index contributed by atoms with van der Waals surface area (Å²) in [5.74, 6) is 0.466. The molecule has 0 saturated carbocycles. The second-order valence-corrected chi connectivity index (χ2v) is 6.13. The molecule has 5 nitrogen and oxygen atoms in total. The molecule has 0 amide bonds. The first-order chi connectivity index (χ1) is 9.52. The highest BCUT2D eigenvalue weighted by atomic mass is 79.9. The van der Waals surface area contributed by atoms with E-state index in [1.807, 2.05) is 25.1 Å². The third kappa shape index (κ3) is 3.24. The van der Waals surface area contributed by atoms with Crippen molar-refractivity contribution in [1.82, 2.24) is 0 Å². The highest BCUT2D eigenvalue weighted by Gasteiger charge is 2.24. The molecule has 0 radical (unpaired) electrons. The van der Waals surface area contributed by atoms with E-state index in [-0.39, 0.29) is 11.9 Å². The van der Waals surface area contributed by atoms with Crippen LogP contribution in [0.2, 0.25) is 0 Å². The van der Waals surface area contributed by atoms with E-state index < -0.39 is 0 Å². The number of anilines is 1. The number of hydrogen-bond acceptors (Lipinski definition) is 4. The molecule has 1 aromatic rings. The van der Waals surface area contributed by atoms with Gasteiger partial charge in [0.15, 0.2) is 5.84 Å². The Hall–Kier alpha value is -1.27. The lowest BCUT2D eigenvalue weighted by atomic mass is 9.91. The van der Waals surface area contributed by atoms with Gasteiger partial charge in [-0.05, 0) is 43.9 Å². The van der Waals surface area contributed by atoms with Crippen LogP contribution in [-0.2, 0) is 0 Å². The van der Waals surface area contributed by atoms with Crippen LogP contribution >= 0.6 is 15.9 Å². The molecule has 1 unspecified atom stereocenters. The zero-order chi connectivity index (χ0) is 14.7. The second kappa shape index (κ2) is 6.45. The van der Waals surface area contributed by atoms with Crippen LogP contribution < -0.4 is 10.6 Å². The third-order valence-corrected chi connectivity index (χ3v) is 4.40. The highest BCUT2D eigenvalue weighted by Crippen LogP contribution is 2.29. The molecule has 110 valence electrons. The minimum absolute atomic E-state index is 0.110. The van der Waals surface area contributed by atoms with Crippen LogP contribution in [0.1, 0.15) is 25.3 Å². The molecule has 1 fully saturated rings. The van der Waals surface area contributed by atoms with Crippen LogP contribution in [0.25, 0.3) is 0 Å². The summed E-state index contributed by atoms with van der Waals surface area (Å²) in [5.41, 5.74) is 7.44. The maximum Gasteiger partial charge on any atom is 0.172 e. The van der Waals surface area contributed by atoms with Crippen LogP contribution in [-0.4, -0.2) is 35.3 Å². The molecule has 2 rings (SSSR count). The molecule has 0 bridgehead atoms. The van der Waals surface area contributed by atoms with Gasteiger partial charge in [0.1, 0.15) is 0 Å². The fraction of sp³-hybridized carbons (Fsp3) is 0.500. The van der Waals surface area contributed by atoms with Crippen LogP contribution in [0.4, 0.5) is 5.69 Å². The molecular formula is C14H20BrN3O2. The van der Waals surface area contributed by atoms with Gasteiger partial charge in [0.2, 0.25) is 0 Å². The first-order valence-corrected chi connectivity index (χ1v) is 7.52. The number of benzene rings is 1. The first kappa shape index (κ1) is 15.1. The lowest BCUT2D eigenvalue weighted by Crippen LogP contribution is -2.38. The summed E-state index contributed by atoms with van der Waals surface area (Å²) >= 11 is 3.40. The number of amidine groups is 1. The summed E-state index contributed by atoms with van der Waals surface area (Å²) in [4.78, 5) is 2.22. The van der Waals surface area contributed by atoms with Gasteiger partial charge in [-0.25, -0.2) is 0 Å². The molecule has 20 heavy (non-hydrogen) atoms. The monoisotopic (exact) mass is 341 g/mol. The number of rotatable bonds is 3. The van der Waals surface area contributed by atoms with Gasteiger partial charge in [-0.3, -0.25) is 0 Å². The molecule has 0 aromatic heterocycles. The van der Waals surface area contributed by atoms with Gasteiger partial charge in [-0.1, -0.05) is 21.1 Å². The van der Waals surface area contributed by atoms with Crippen LogP contribution in [0.3, 0.4) is 0 Å². The second-order valence-electron chi connectivity index (χ2n) is 5.21. The third-order valence-electron chi connectivity index (χ3n) is 3.90. The van der Waals surface area contributed by atoms with E-state index in [4.69, 9.17) is 10.9 Å². The Kier molecular flexibility index (Phi) is 4.88.